The van der Waals surface area contributed by atoms with Crippen LogP contribution >= 0.6 is 11.8 Å². The van der Waals surface area contributed by atoms with E-state index in [4.69, 9.17) is 0 Å². The maximum atomic E-state index is 13.0. The summed E-state index contributed by atoms with van der Waals surface area (Å²) in [7, 11) is 0. The van der Waals surface area contributed by atoms with Gasteiger partial charge < -0.3 is 4.74 Å². The highest BCUT2D eigenvalue weighted by molar-refractivity contribution is 8.14. The van der Waals surface area contributed by atoms with Crippen molar-refractivity contribution >= 4 is 22.7 Å². The fraction of sp³-hybridized carbons (Fsp3) is 0.273. The van der Waals surface area contributed by atoms with Crippen LogP contribution in [0.2, 0.25) is 0 Å². The molecule has 9 heteroatoms. The number of alkyl halides is 4. The van der Waals surface area contributed by atoms with Crippen LogP contribution < -0.4 is 10.2 Å². The lowest BCUT2D eigenvalue weighted by molar-refractivity contribution is -0.253. The quantitative estimate of drug-likeness (QED) is 0.870. The predicted octanol–water partition coefficient (Wildman–Crippen LogP) is 3.08. The Kier molecular flexibility index (Phi) is 4.17. The number of amides is 1. The highest BCUT2D eigenvalue weighted by Gasteiger charge is 2.44. The number of nitrogens with zero attached hydrogens (tertiary/aromatic N) is 1. The third-order valence-electron chi connectivity index (χ3n) is 2.32. The first kappa shape index (κ1) is 14.6. The summed E-state index contributed by atoms with van der Waals surface area (Å²) in [6.07, 6.45) is -8.54. The summed E-state index contributed by atoms with van der Waals surface area (Å²) in [4.78, 5) is 10.9. The van der Waals surface area contributed by atoms with Gasteiger partial charge in [-0.3, -0.25) is 4.79 Å². The first-order valence-electron chi connectivity index (χ1n) is 5.34. The molecule has 108 valence electrons. The van der Waals surface area contributed by atoms with Gasteiger partial charge in [0.15, 0.2) is 0 Å². The van der Waals surface area contributed by atoms with E-state index >= 15 is 0 Å². The molecule has 0 aromatic heterocycles. The van der Waals surface area contributed by atoms with Crippen LogP contribution in [0, 0.1) is 0 Å². The van der Waals surface area contributed by atoms with Crippen molar-refractivity contribution in [1.29, 1.82) is 0 Å². The van der Waals surface area contributed by atoms with Crippen LogP contribution in [-0.4, -0.2) is 29.2 Å². The molecule has 1 N–H and O–H groups in total. The first-order valence-corrected chi connectivity index (χ1v) is 6.32. The molecule has 20 heavy (non-hydrogen) atoms. The summed E-state index contributed by atoms with van der Waals surface area (Å²) < 4.78 is 54.3. The van der Waals surface area contributed by atoms with Crippen LogP contribution in [0.25, 0.3) is 0 Å². The highest BCUT2D eigenvalue weighted by atomic mass is 32.2. The number of hydrogen-bond donors (Lipinski definition) is 1. The number of para-hydroxylation sites is 1. The van der Waals surface area contributed by atoms with Crippen molar-refractivity contribution in [1.82, 2.24) is 5.43 Å². The standard InChI is InChI=1S/C11H8F4N2O2S/c12-9(13)11(14,15)19-8-4-2-1-3-6(8)7-5-20-10(18)17-16-7/h1-4,9H,5H2,(H,17,18). The van der Waals surface area contributed by atoms with Crippen molar-refractivity contribution < 1.29 is 27.1 Å². The summed E-state index contributed by atoms with van der Waals surface area (Å²) in [5, 5.41) is 3.32. The molecule has 1 aliphatic heterocycles. The second-order valence-electron chi connectivity index (χ2n) is 3.71. The zero-order valence-electron chi connectivity index (χ0n) is 9.78. The first-order chi connectivity index (χ1) is 9.40. The van der Waals surface area contributed by atoms with E-state index in [0.717, 1.165) is 17.8 Å². The lowest BCUT2D eigenvalue weighted by Crippen LogP contribution is -2.34. The van der Waals surface area contributed by atoms with Crippen molar-refractivity contribution in [3.8, 4) is 5.75 Å². The van der Waals surface area contributed by atoms with E-state index in [2.05, 4.69) is 15.3 Å². The molecule has 0 spiro atoms. The van der Waals surface area contributed by atoms with Gasteiger partial charge in [0.25, 0.3) is 5.24 Å². The number of hydrogen-bond acceptors (Lipinski definition) is 4. The Morgan fingerprint density at radius 3 is 2.65 bits per heavy atom. The SMILES string of the molecule is O=C1NN=C(c2ccccc2OC(F)(F)C(F)F)CS1. The summed E-state index contributed by atoms with van der Waals surface area (Å²) in [6, 6.07) is 5.42. The molecule has 1 amide bonds. The van der Waals surface area contributed by atoms with E-state index in [1.54, 1.807) is 0 Å². The maximum Gasteiger partial charge on any atom is 0.461 e. The Bertz CT molecular complexity index is 551. The molecule has 2 rings (SSSR count). The predicted molar refractivity (Wildman–Crippen MR) is 65.5 cm³/mol. The van der Waals surface area contributed by atoms with Gasteiger partial charge in [-0.2, -0.15) is 22.7 Å². The van der Waals surface area contributed by atoms with E-state index < -0.39 is 18.3 Å². The van der Waals surface area contributed by atoms with Gasteiger partial charge in [-0.1, -0.05) is 23.9 Å². The minimum Gasteiger partial charge on any atom is -0.428 e. The summed E-state index contributed by atoms with van der Waals surface area (Å²) in [5.41, 5.74) is 2.55. The summed E-state index contributed by atoms with van der Waals surface area (Å²) in [5.74, 6) is -0.291. The molecule has 1 heterocycles. The molecular weight excluding hydrogens is 300 g/mol. The summed E-state index contributed by atoms with van der Waals surface area (Å²) in [6.45, 7) is 0. The van der Waals surface area contributed by atoms with E-state index in [1.807, 2.05) is 0 Å². The van der Waals surface area contributed by atoms with Crippen LogP contribution in [0.1, 0.15) is 5.56 Å². The van der Waals surface area contributed by atoms with E-state index in [9.17, 15) is 22.4 Å². The smallest absolute Gasteiger partial charge is 0.428 e. The third-order valence-corrected chi connectivity index (χ3v) is 3.09. The lowest BCUT2D eigenvalue weighted by atomic mass is 10.1. The highest BCUT2D eigenvalue weighted by Crippen LogP contribution is 2.31. The normalized spacial score (nSPS) is 15.8. The molecule has 0 atom stereocenters. The molecule has 1 aromatic rings. The maximum absolute atomic E-state index is 13.0. The Morgan fingerprint density at radius 2 is 2.05 bits per heavy atom. The second kappa shape index (κ2) is 5.70. The lowest BCUT2D eigenvalue weighted by Gasteiger charge is -2.20. The number of hydrazone groups is 1. The van der Waals surface area contributed by atoms with Gasteiger partial charge in [0.1, 0.15) is 5.75 Å². The van der Waals surface area contributed by atoms with Gasteiger partial charge in [0.05, 0.1) is 5.71 Å². The van der Waals surface area contributed by atoms with E-state index in [-0.39, 0.29) is 22.3 Å². The Labute approximate surface area is 115 Å². The third kappa shape index (κ3) is 3.21. The molecule has 1 aliphatic rings. The van der Waals surface area contributed by atoms with Gasteiger partial charge in [0.2, 0.25) is 0 Å². The topological polar surface area (TPSA) is 50.7 Å². The van der Waals surface area contributed by atoms with Crippen molar-refractivity contribution in [3.05, 3.63) is 29.8 Å². The second-order valence-corrected chi connectivity index (χ2v) is 4.66. The zero-order valence-corrected chi connectivity index (χ0v) is 10.6. The van der Waals surface area contributed by atoms with Crippen LogP contribution in [0.3, 0.4) is 0 Å². The van der Waals surface area contributed by atoms with Crippen molar-refractivity contribution in [3.63, 3.8) is 0 Å². The number of rotatable bonds is 4. The molecule has 0 unspecified atom stereocenters. The fourth-order valence-electron chi connectivity index (χ4n) is 1.43. The molecule has 0 fully saturated rings. The van der Waals surface area contributed by atoms with Crippen LogP contribution in [0.5, 0.6) is 5.75 Å². The molecule has 0 bridgehead atoms. The molecule has 0 aliphatic carbocycles. The number of thioether (sulfide) groups is 1. The molecule has 1 aromatic carbocycles. The Morgan fingerprint density at radius 1 is 1.35 bits per heavy atom. The summed E-state index contributed by atoms with van der Waals surface area (Å²) >= 11 is 0.882. The van der Waals surface area contributed by atoms with Crippen molar-refractivity contribution in [2.45, 2.75) is 12.5 Å². The number of ether oxygens (including phenoxy) is 1. The van der Waals surface area contributed by atoms with Crippen LogP contribution in [-0.2, 0) is 0 Å². The fourth-order valence-corrected chi connectivity index (χ4v) is 2.03. The van der Waals surface area contributed by atoms with Gasteiger partial charge in [-0.05, 0) is 12.1 Å². The average molecular weight is 308 g/mol. The van der Waals surface area contributed by atoms with Crippen LogP contribution in [0.15, 0.2) is 29.4 Å². The number of carbonyl (C=O) groups is 1. The molecule has 0 saturated heterocycles. The number of halogens is 4. The van der Waals surface area contributed by atoms with Crippen molar-refractivity contribution in [2.75, 3.05) is 5.75 Å². The molecule has 0 radical (unpaired) electrons. The van der Waals surface area contributed by atoms with Gasteiger partial charge in [-0.25, -0.2) is 5.43 Å². The van der Waals surface area contributed by atoms with Gasteiger partial charge in [0, 0.05) is 11.3 Å². The van der Waals surface area contributed by atoms with Crippen molar-refractivity contribution in [2.24, 2.45) is 5.10 Å². The Hall–Kier alpha value is -1.77. The molecule has 4 nitrogen and oxygen atoms in total. The van der Waals surface area contributed by atoms with E-state index in [1.165, 1.54) is 18.2 Å². The van der Waals surface area contributed by atoms with Crippen LogP contribution in [0.4, 0.5) is 22.4 Å². The molecular formula is C11H8F4N2O2S. The number of carbonyl (C=O) groups excluding carboxylic acids is 1. The van der Waals surface area contributed by atoms with Gasteiger partial charge in [-0.15, -0.1) is 0 Å². The van der Waals surface area contributed by atoms with E-state index in [0.29, 0.717) is 0 Å². The minimum atomic E-state index is -4.60. The molecule has 0 saturated carbocycles. The minimum absolute atomic E-state index is 0.125. The largest absolute Gasteiger partial charge is 0.461 e. The monoisotopic (exact) mass is 308 g/mol. The zero-order chi connectivity index (χ0) is 14.8. The average Bonchev–Trinajstić information content (AvgIpc) is 2.40. The number of nitrogens with one attached hydrogen (secondary N) is 1. The van der Waals surface area contributed by atoms with Gasteiger partial charge >= 0.3 is 12.5 Å². The number of benzene rings is 1. The Balaban J connectivity index is 2.29.